The molecule has 1 unspecified atom stereocenters. The molecule has 0 fully saturated rings. The largest absolute Gasteiger partial charge is 0.381 e. The van der Waals surface area contributed by atoms with Crippen molar-refractivity contribution in [3.63, 3.8) is 0 Å². The predicted molar refractivity (Wildman–Crippen MR) is 49.7 cm³/mol. The summed E-state index contributed by atoms with van der Waals surface area (Å²) >= 11 is 0. The summed E-state index contributed by atoms with van der Waals surface area (Å²) in [5.74, 6) is 0. The SMILES string of the molecule is CCC([O])CCOCC(C)(C)C. The van der Waals surface area contributed by atoms with E-state index in [0.29, 0.717) is 19.4 Å². The lowest BCUT2D eigenvalue weighted by atomic mass is 9.99. The van der Waals surface area contributed by atoms with E-state index in [2.05, 4.69) is 20.8 Å². The van der Waals surface area contributed by atoms with Crippen LogP contribution in [0.5, 0.6) is 0 Å². The van der Waals surface area contributed by atoms with Crippen molar-refractivity contribution < 1.29 is 9.84 Å². The van der Waals surface area contributed by atoms with Crippen LogP contribution in [0.2, 0.25) is 0 Å². The molecule has 73 valence electrons. The van der Waals surface area contributed by atoms with E-state index in [1.165, 1.54) is 0 Å². The van der Waals surface area contributed by atoms with Crippen LogP contribution in [0.1, 0.15) is 40.5 Å². The molecule has 0 heterocycles. The average Bonchev–Trinajstić information content (AvgIpc) is 1.96. The Morgan fingerprint density at radius 3 is 2.33 bits per heavy atom. The number of ether oxygens (including phenoxy) is 1. The third kappa shape index (κ3) is 8.02. The summed E-state index contributed by atoms with van der Waals surface area (Å²) in [6, 6.07) is 0. The van der Waals surface area contributed by atoms with Crippen LogP contribution in [-0.4, -0.2) is 19.3 Å². The van der Waals surface area contributed by atoms with Gasteiger partial charge in [0, 0.05) is 13.0 Å². The second-order valence-corrected chi connectivity index (χ2v) is 4.43. The van der Waals surface area contributed by atoms with Crippen LogP contribution in [0.4, 0.5) is 0 Å². The van der Waals surface area contributed by atoms with E-state index in [9.17, 15) is 5.11 Å². The third-order valence-electron chi connectivity index (χ3n) is 1.57. The molecule has 0 amide bonds. The molecule has 0 aliphatic rings. The van der Waals surface area contributed by atoms with Crippen LogP contribution in [-0.2, 0) is 9.84 Å². The van der Waals surface area contributed by atoms with Gasteiger partial charge < -0.3 is 4.74 Å². The van der Waals surface area contributed by atoms with Crippen molar-refractivity contribution in [3.8, 4) is 0 Å². The first kappa shape index (κ1) is 11.9. The summed E-state index contributed by atoms with van der Waals surface area (Å²) in [4.78, 5) is 0. The van der Waals surface area contributed by atoms with Gasteiger partial charge in [0.25, 0.3) is 0 Å². The van der Waals surface area contributed by atoms with Gasteiger partial charge in [-0.2, -0.15) is 0 Å². The molecule has 0 aromatic carbocycles. The molecule has 0 N–H and O–H groups in total. The number of rotatable bonds is 5. The molecule has 0 spiro atoms. The zero-order valence-electron chi connectivity index (χ0n) is 8.72. The first-order chi connectivity index (χ1) is 5.45. The van der Waals surface area contributed by atoms with Crippen molar-refractivity contribution in [1.82, 2.24) is 0 Å². The summed E-state index contributed by atoms with van der Waals surface area (Å²) in [5.41, 5.74) is 0.213. The monoisotopic (exact) mass is 173 g/mol. The highest BCUT2D eigenvalue weighted by molar-refractivity contribution is 4.59. The van der Waals surface area contributed by atoms with Gasteiger partial charge in [-0.15, -0.1) is 0 Å². The molecule has 0 saturated heterocycles. The highest BCUT2D eigenvalue weighted by Gasteiger charge is 2.10. The Morgan fingerprint density at radius 1 is 1.33 bits per heavy atom. The fourth-order valence-electron chi connectivity index (χ4n) is 0.797. The van der Waals surface area contributed by atoms with Crippen molar-refractivity contribution >= 4 is 0 Å². The molecule has 0 aliphatic carbocycles. The molecule has 0 rings (SSSR count). The van der Waals surface area contributed by atoms with Crippen LogP contribution in [0.15, 0.2) is 0 Å². The standard InChI is InChI=1S/C10H21O2/c1-5-9(11)6-7-12-8-10(2,3)4/h9H,5-8H2,1-4H3. The molecule has 1 radical (unpaired) electrons. The quantitative estimate of drug-likeness (QED) is 0.588. The van der Waals surface area contributed by atoms with Gasteiger partial charge in [0.15, 0.2) is 0 Å². The van der Waals surface area contributed by atoms with E-state index >= 15 is 0 Å². The van der Waals surface area contributed by atoms with Crippen LogP contribution < -0.4 is 0 Å². The van der Waals surface area contributed by atoms with Crippen LogP contribution in [0.3, 0.4) is 0 Å². The van der Waals surface area contributed by atoms with Crippen LogP contribution >= 0.6 is 0 Å². The van der Waals surface area contributed by atoms with E-state index in [0.717, 1.165) is 6.61 Å². The predicted octanol–water partition coefficient (Wildman–Crippen LogP) is 2.65. The van der Waals surface area contributed by atoms with Gasteiger partial charge in [-0.25, -0.2) is 5.11 Å². The fourth-order valence-corrected chi connectivity index (χ4v) is 0.797. The van der Waals surface area contributed by atoms with Gasteiger partial charge in [0.1, 0.15) is 0 Å². The Hall–Kier alpha value is -0.0800. The van der Waals surface area contributed by atoms with E-state index in [1.807, 2.05) is 6.92 Å². The highest BCUT2D eigenvalue weighted by atomic mass is 16.5. The Balaban J connectivity index is 3.22. The van der Waals surface area contributed by atoms with Crippen molar-refractivity contribution in [2.24, 2.45) is 5.41 Å². The minimum atomic E-state index is -0.440. The minimum Gasteiger partial charge on any atom is -0.381 e. The molecule has 1 atom stereocenters. The summed E-state index contributed by atoms with van der Waals surface area (Å²) in [6.07, 6.45) is 0.913. The molecule has 2 nitrogen and oxygen atoms in total. The first-order valence-corrected chi connectivity index (χ1v) is 4.69. The average molecular weight is 173 g/mol. The summed E-state index contributed by atoms with van der Waals surface area (Å²) in [6.45, 7) is 9.65. The molecule has 2 heteroatoms. The van der Waals surface area contributed by atoms with Gasteiger partial charge in [-0.05, 0) is 11.8 Å². The molecular formula is C10H21O2. The van der Waals surface area contributed by atoms with E-state index in [4.69, 9.17) is 4.74 Å². The fraction of sp³-hybridized carbons (Fsp3) is 1.00. The maximum absolute atomic E-state index is 10.9. The Labute approximate surface area is 75.9 Å². The molecule has 0 aromatic heterocycles. The minimum absolute atomic E-state index is 0.213. The number of hydrogen-bond donors (Lipinski definition) is 0. The van der Waals surface area contributed by atoms with Crippen molar-refractivity contribution in [1.29, 1.82) is 0 Å². The summed E-state index contributed by atoms with van der Waals surface area (Å²) in [7, 11) is 0. The lowest BCUT2D eigenvalue weighted by molar-refractivity contribution is 0.0193. The molecule has 0 aliphatic heterocycles. The Bertz CT molecular complexity index is 105. The van der Waals surface area contributed by atoms with Gasteiger partial charge in [-0.3, -0.25) is 0 Å². The second kappa shape index (κ2) is 5.55. The van der Waals surface area contributed by atoms with Crippen LogP contribution in [0, 0.1) is 5.41 Å². The Kier molecular flexibility index (Phi) is 5.51. The van der Waals surface area contributed by atoms with Gasteiger partial charge >= 0.3 is 0 Å². The molecule has 0 bridgehead atoms. The lowest BCUT2D eigenvalue weighted by Gasteiger charge is -2.18. The Morgan fingerprint density at radius 2 is 1.92 bits per heavy atom. The van der Waals surface area contributed by atoms with Crippen molar-refractivity contribution in [3.05, 3.63) is 0 Å². The van der Waals surface area contributed by atoms with Crippen LogP contribution in [0.25, 0.3) is 0 Å². The first-order valence-electron chi connectivity index (χ1n) is 4.69. The van der Waals surface area contributed by atoms with E-state index in [1.54, 1.807) is 0 Å². The van der Waals surface area contributed by atoms with Crippen molar-refractivity contribution in [2.75, 3.05) is 13.2 Å². The normalized spacial score (nSPS) is 14.8. The van der Waals surface area contributed by atoms with Gasteiger partial charge in [0.05, 0.1) is 12.7 Å². The van der Waals surface area contributed by atoms with Gasteiger partial charge in [-0.1, -0.05) is 27.7 Å². The topological polar surface area (TPSA) is 29.1 Å². The van der Waals surface area contributed by atoms with E-state index in [-0.39, 0.29) is 5.41 Å². The van der Waals surface area contributed by atoms with Crippen molar-refractivity contribution in [2.45, 2.75) is 46.6 Å². The summed E-state index contributed by atoms with van der Waals surface area (Å²) in [5, 5.41) is 10.9. The zero-order chi connectivity index (χ0) is 9.61. The maximum Gasteiger partial charge on any atom is 0.0949 e. The highest BCUT2D eigenvalue weighted by Crippen LogP contribution is 2.13. The molecular weight excluding hydrogens is 152 g/mol. The molecule has 0 aromatic rings. The second-order valence-electron chi connectivity index (χ2n) is 4.43. The smallest absolute Gasteiger partial charge is 0.0949 e. The molecule has 0 saturated carbocycles. The van der Waals surface area contributed by atoms with E-state index < -0.39 is 6.10 Å². The lowest BCUT2D eigenvalue weighted by Crippen LogP contribution is -2.16. The number of hydrogen-bond acceptors (Lipinski definition) is 1. The maximum atomic E-state index is 10.9. The third-order valence-corrected chi connectivity index (χ3v) is 1.57. The summed E-state index contributed by atoms with van der Waals surface area (Å²) < 4.78 is 5.37. The zero-order valence-corrected chi connectivity index (χ0v) is 8.72. The van der Waals surface area contributed by atoms with Gasteiger partial charge in [0.2, 0.25) is 0 Å². The molecule has 12 heavy (non-hydrogen) atoms.